The van der Waals surface area contributed by atoms with Crippen molar-refractivity contribution in [2.45, 2.75) is 20.0 Å². The van der Waals surface area contributed by atoms with E-state index in [2.05, 4.69) is 10.5 Å². The number of nitrogens with zero attached hydrogens (tertiary/aromatic N) is 1. The minimum absolute atomic E-state index is 0.330. The van der Waals surface area contributed by atoms with Gasteiger partial charge < -0.3 is 4.74 Å². The lowest BCUT2D eigenvalue weighted by Gasteiger charge is -2.12. The summed E-state index contributed by atoms with van der Waals surface area (Å²) in [5.41, 5.74) is 4.30. The Labute approximate surface area is 134 Å². The summed E-state index contributed by atoms with van der Waals surface area (Å²) in [5.74, 6) is 0.312. The summed E-state index contributed by atoms with van der Waals surface area (Å²) in [7, 11) is 0. The monoisotopic (exact) mass is 316 g/mol. The van der Waals surface area contributed by atoms with Crippen LogP contribution in [0.25, 0.3) is 0 Å². The van der Waals surface area contributed by atoms with Gasteiger partial charge in [0.25, 0.3) is 5.91 Å². The van der Waals surface area contributed by atoms with E-state index >= 15 is 0 Å². The fourth-order valence-corrected chi connectivity index (χ4v) is 1.90. The van der Waals surface area contributed by atoms with Crippen LogP contribution in [0.2, 0.25) is 5.02 Å². The molecule has 0 aliphatic rings. The molecule has 2 rings (SSSR count). The van der Waals surface area contributed by atoms with Gasteiger partial charge in [0.2, 0.25) is 0 Å². The Bertz CT molecular complexity index is 669. The predicted octanol–water partition coefficient (Wildman–Crippen LogP) is 3.57. The van der Waals surface area contributed by atoms with E-state index in [9.17, 15) is 4.79 Å². The van der Waals surface area contributed by atoms with E-state index in [0.717, 1.165) is 11.1 Å². The molecule has 0 saturated heterocycles. The molecular formula is C17H17ClN2O2. The Kier molecular flexibility index (Phi) is 5.55. The number of rotatable bonds is 5. The first-order valence-electron chi connectivity index (χ1n) is 6.87. The number of amides is 1. The molecule has 0 aromatic heterocycles. The van der Waals surface area contributed by atoms with E-state index in [1.165, 1.54) is 6.21 Å². The van der Waals surface area contributed by atoms with E-state index < -0.39 is 6.10 Å². The van der Waals surface area contributed by atoms with Gasteiger partial charge in [-0.15, -0.1) is 0 Å². The summed E-state index contributed by atoms with van der Waals surface area (Å²) in [4.78, 5) is 11.9. The first-order valence-corrected chi connectivity index (χ1v) is 7.25. The van der Waals surface area contributed by atoms with Gasteiger partial charge in [-0.2, -0.15) is 5.10 Å². The summed E-state index contributed by atoms with van der Waals surface area (Å²) in [5, 5.41) is 4.46. The fraction of sp³-hybridized carbons (Fsp3) is 0.176. The molecule has 1 amide bonds. The number of benzene rings is 2. The minimum atomic E-state index is -0.647. The highest BCUT2D eigenvalue weighted by atomic mass is 35.5. The Morgan fingerprint density at radius 3 is 2.59 bits per heavy atom. The fourth-order valence-electron chi connectivity index (χ4n) is 1.71. The molecule has 4 nitrogen and oxygen atoms in total. The van der Waals surface area contributed by atoms with Crippen molar-refractivity contribution in [3.05, 3.63) is 64.7 Å². The number of ether oxygens (including phenoxy) is 1. The zero-order valence-corrected chi connectivity index (χ0v) is 13.2. The molecule has 2 aromatic rings. The Balaban J connectivity index is 1.89. The standard InChI is InChI=1S/C17H17ClN2O2/c1-12-7-9-15(10-8-12)22-13(2)17(21)20-19-11-14-5-3-4-6-16(14)18/h3-11,13H,1-2H3,(H,20,21)/t13-/m1/s1. The highest BCUT2D eigenvalue weighted by Gasteiger charge is 2.13. The van der Waals surface area contributed by atoms with Crippen LogP contribution in [0.15, 0.2) is 53.6 Å². The lowest BCUT2D eigenvalue weighted by Crippen LogP contribution is -2.33. The molecule has 0 fully saturated rings. The lowest BCUT2D eigenvalue weighted by molar-refractivity contribution is -0.127. The smallest absolute Gasteiger partial charge is 0.280 e. The molecule has 0 bridgehead atoms. The molecule has 22 heavy (non-hydrogen) atoms. The van der Waals surface area contributed by atoms with Crippen LogP contribution in [0, 0.1) is 6.92 Å². The molecule has 1 atom stereocenters. The molecule has 0 radical (unpaired) electrons. The Morgan fingerprint density at radius 2 is 1.91 bits per heavy atom. The van der Waals surface area contributed by atoms with Crippen LogP contribution in [0.3, 0.4) is 0 Å². The van der Waals surface area contributed by atoms with E-state index in [4.69, 9.17) is 16.3 Å². The maximum Gasteiger partial charge on any atom is 0.280 e. The van der Waals surface area contributed by atoms with E-state index in [1.807, 2.05) is 49.4 Å². The molecular weight excluding hydrogens is 300 g/mol. The number of halogens is 1. The van der Waals surface area contributed by atoms with Gasteiger partial charge >= 0.3 is 0 Å². The van der Waals surface area contributed by atoms with Crippen LogP contribution in [0.4, 0.5) is 0 Å². The zero-order chi connectivity index (χ0) is 15.9. The quantitative estimate of drug-likeness (QED) is 0.677. The minimum Gasteiger partial charge on any atom is -0.481 e. The summed E-state index contributed by atoms with van der Waals surface area (Å²) in [6.45, 7) is 3.66. The SMILES string of the molecule is Cc1ccc(O[C@H](C)C(=O)NN=Cc2ccccc2Cl)cc1. The predicted molar refractivity (Wildman–Crippen MR) is 88.5 cm³/mol. The largest absolute Gasteiger partial charge is 0.481 e. The van der Waals surface area contributed by atoms with Crippen molar-refractivity contribution in [1.29, 1.82) is 0 Å². The molecule has 2 aromatic carbocycles. The summed E-state index contributed by atoms with van der Waals surface area (Å²) >= 11 is 5.99. The zero-order valence-electron chi connectivity index (χ0n) is 12.4. The topological polar surface area (TPSA) is 50.7 Å². The van der Waals surface area contributed by atoms with E-state index in [1.54, 1.807) is 13.0 Å². The van der Waals surface area contributed by atoms with Crippen molar-refractivity contribution < 1.29 is 9.53 Å². The number of nitrogens with one attached hydrogen (secondary N) is 1. The first kappa shape index (κ1) is 16.0. The number of aryl methyl sites for hydroxylation is 1. The first-order chi connectivity index (χ1) is 10.6. The average Bonchev–Trinajstić information content (AvgIpc) is 2.51. The maximum absolute atomic E-state index is 11.9. The van der Waals surface area contributed by atoms with Gasteiger partial charge in [0.1, 0.15) is 5.75 Å². The van der Waals surface area contributed by atoms with Crippen LogP contribution in [0.5, 0.6) is 5.75 Å². The van der Waals surface area contributed by atoms with Gasteiger partial charge in [0.15, 0.2) is 6.10 Å². The van der Waals surface area contributed by atoms with Gasteiger partial charge in [0, 0.05) is 10.6 Å². The van der Waals surface area contributed by atoms with E-state index in [-0.39, 0.29) is 5.91 Å². The Hall–Kier alpha value is -2.33. The van der Waals surface area contributed by atoms with Crippen LogP contribution in [-0.4, -0.2) is 18.2 Å². The molecule has 5 heteroatoms. The highest BCUT2D eigenvalue weighted by molar-refractivity contribution is 6.33. The third-order valence-electron chi connectivity index (χ3n) is 2.99. The number of hydrazone groups is 1. The molecule has 0 aliphatic carbocycles. The van der Waals surface area contributed by atoms with Gasteiger partial charge in [0.05, 0.1) is 6.21 Å². The third-order valence-corrected chi connectivity index (χ3v) is 3.33. The summed E-state index contributed by atoms with van der Waals surface area (Å²) in [6.07, 6.45) is 0.852. The van der Waals surface area contributed by atoms with Crippen molar-refractivity contribution in [2.75, 3.05) is 0 Å². The molecule has 0 aliphatic heterocycles. The van der Waals surface area contributed by atoms with Gasteiger partial charge in [-0.1, -0.05) is 47.5 Å². The third kappa shape index (κ3) is 4.60. The van der Waals surface area contributed by atoms with Crippen LogP contribution >= 0.6 is 11.6 Å². The summed E-state index contributed by atoms with van der Waals surface area (Å²) in [6, 6.07) is 14.7. The van der Waals surface area contributed by atoms with Crippen LogP contribution in [-0.2, 0) is 4.79 Å². The lowest BCUT2D eigenvalue weighted by atomic mass is 10.2. The van der Waals surface area contributed by atoms with Gasteiger partial charge in [-0.05, 0) is 32.0 Å². The second-order valence-corrected chi connectivity index (χ2v) is 5.24. The van der Waals surface area contributed by atoms with Crippen LogP contribution < -0.4 is 10.2 Å². The average molecular weight is 317 g/mol. The molecule has 1 N–H and O–H groups in total. The highest BCUT2D eigenvalue weighted by Crippen LogP contribution is 2.14. The van der Waals surface area contributed by atoms with Crippen molar-refractivity contribution >= 4 is 23.7 Å². The Morgan fingerprint density at radius 1 is 1.23 bits per heavy atom. The number of hydrogen-bond acceptors (Lipinski definition) is 3. The number of carbonyl (C=O) groups excluding carboxylic acids is 1. The second kappa shape index (κ2) is 7.61. The van der Waals surface area contributed by atoms with Gasteiger partial charge in [-0.3, -0.25) is 4.79 Å². The van der Waals surface area contributed by atoms with Crippen molar-refractivity contribution in [3.63, 3.8) is 0 Å². The van der Waals surface area contributed by atoms with Crippen molar-refractivity contribution in [3.8, 4) is 5.75 Å². The number of carbonyl (C=O) groups is 1. The normalized spacial score (nSPS) is 12.1. The van der Waals surface area contributed by atoms with Crippen molar-refractivity contribution in [2.24, 2.45) is 5.10 Å². The van der Waals surface area contributed by atoms with Crippen molar-refractivity contribution in [1.82, 2.24) is 5.43 Å². The molecule has 0 heterocycles. The number of hydrogen-bond donors (Lipinski definition) is 1. The molecule has 0 unspecified atom stereocenters. The van der Waals surface area contributed by atoms with Crippen LogP contribution in [0.1, 0.15) is 18.1 Å². The van der Waals surface area contributed by atoms with Gasteiger partial charge in [-0.25, -0.2) is 5.43 Å². The second-order valence-electron chi connectivity index (χ2n) is 4.83. The summed E-state index contributed by atoms with van der Waals surface area (Å²) < 4.78 is 5.55. The molecule has 0 saturated carbocycles. The maximum atomic E-state index is 11.9. The van der Waals surface area contributed by atoms with E-state index in [0.29, 0.717) is 10.8 Å². The molecule has 114 valence electrons. The molecule has 0 spiro atoms.